The molecule has 0 aliphatic carbocycles. The van der Waals surface area contributed by atoms with E-state index < -0.39 is 11.9 Å². The van der Waals surface area contributed by atoms with Crippen LogP contribution in [0.25, 0.3) is 0 Å². The van der Waals surface area contributed by atoms with E-state index in [1.807, 2.05) is 17.9 Å². The number of aliphatic carboxylic acids is 1. The zero-order chi connectivity index (χ0) is 15.1. The second-order valence-electron chi connectivity index (χ2n) is 4.71. The van der Waals surface area contributed by atoms with Gasteiger partial charge in [-0.05, 0) is 24.2 Å². The maximum Gasteiger partial charge on any atom is 0.307 e. The molecule has 1 rings (SSSR count). The average molecular weight is 276 g/mol. The molecule has 5 heteroatoms. The van der Waals surface area contributed by atoms with Gasteiger partial charge in [0.05, 0.1) is 18.6 Å². The summed E-state index contributed by atoms with van der Waals surface area (Å²) in [4.78, 5) is 12.9. The first-order valence-corrected chi connectivity index (χ1v) is 6.54. The lowest BCUT2D eigenvalue weighted by Gasteiger charge is -2.22. The summed E-state index contributed by atoms with van der Waals surface area (Å²) in [6.07, 6.45) is 0. The molecular formula is C15H20N2O3. The number of ether oxygens (including phenoxy) is 1. The molecule has 108 valence electrons. The molecule has 0 saturated carbocycles. The molecule has 0 radical (unpaired) electrons. The van der Waals surface area contributed by atoms with E-state index in [-0.39, 0.29) is 0 Å². The van der Waals surface area contributed by atoms with Crippen molar-refractivity contribution in [2.45, 2.75) is 20.4 Å². The molecule has 0 aliphatic heterocycles. The summed E-state index contributed by atoms with van der Waals surface area (Å²) < 4.78 is 5.10. The number of nitriles is 1. The van der Waals surface area contributed by atoms with Crippen LogP contribution in [0.15, 0.2) is 18.2 Å². The Bertz CT molecular complexity index is 508. The van der Waals surface area contributed by atoms with Crippen molar-refractivity contribution in [3.8, 4) is 11.8 Å². The van der Waals surface area contributed by atoms with E-state index in [0.717, 1.165) is 12.1 Å². The van der Waals surface area contributed by atoms with Crippen LogP contribution in [0.5, 0.6) is 5.75 Å². The number of carbonyl (C=O) groups is 1. The van der Waals surface area contributed by atoms with Crippen LogP contribution in [0.2, 0.25) is 0 Å². The van der Waals surface area contributed by atoms with Crippen molar-refractivity contribution >= 4 is 5.97 Å². The third-order valence-electron chi connectivity index (χ3n) is 3.19. The number of rotatable bonds is 7. The molecule has 0 heterocycles. The Morgan fingerprint density at radius 3 is 2.75 bits per heavy atom. The summed E-state index contributed by atoms with van der Waals surface area (Å²) in [6.45, 7) is 5.54. The molecule has 0 saturated heterocycles. The Morgan fingerprint density at radius 1 is 1.55 bits per heavy atom. The van der Waals surface area contributed by atoms with Crippen LogP contribution >= 0.6 is 0 Å². The lowest BCUT2D eigenvalue weighted by atomic mass is 10.1. The third kappa shape index (κ3) is 4.25. The molecule has 0 aliphatic rings. The fraction of sp³-hybridized carbons (Fsp3) is 0.467. The zero-order valence-electron chi connectivity index (χ0n) is 12.1. The van der Waals surface area contributed by atoms with Gasteiger partial charge in [0.25, 0.3) is 0 Å². The second kappa shape index (κ2) is 7.51. The number of benzene rings is 1. The molecule has 1 N–H and O–H groups in total. The van der Waals surface area contributed by atoms with Crippen molar-refractivity contribution in [1.82, 2.24) is 4.90 Å². The zero-order valence-corrected chi connectivity index (χ0v) is 12.1. The summed E-state index contributed by atoms with van der Waals surface area (Å²) >= 11 is 0. The predicted molar refractivity (Wildman–Crippen MR) is 75.5 cm³/mol. The van der Waals surface area contributed by atoms with Crippen LogP contribution in [-0.4, -0.2) is 36.2 Å². The second-order valence-corrected chi connectivity index (χ2v) is 4.71. The van der Waals surface area contributed by atoms with E-state index in [4.69, 9.17) is 15.1 Å². The summed E-state index contributed by atoms with van der Waals surface area (Å²) in [5, 5.41) is 18.0. The fourth-order valence-corrected chi connectivity index (χ4v) is 1.97. The van der Waals surface area contributed by atoms with E-state index in [0.29, 0.717) is 24.4 Å². The van der Waals surface area contributed by atoms with E-state index in [9.17, 15) is 4.79 Å². The molecule has 1 atom stereocenters. The molecule has 1 aromatic rings. The van der Waals surface area contributed by atoms with Crippen LogP contribution in [0.3, 0.4) is 0 Å². The van der Waals surface area contributed by atoms with Crippen molar-refractivity contribution < 1.29 is 14.6 Å². The highest BCUT2D eigenvalue weighted by Crippen LogP contribution is 2.20. The number of nitrogens with zero attached hydrogens (tertiary/aromatic N) is 2. The normalized spacial score (nSPS) is 11.9. The number of carboxylic acids is 1. The van der Waals surface area contributed by atoms with Gasteiger partial charge in [0.1, 0.15) is 11.8 Å². The first kappa shape index (κ1) is 16.0. The maximum atomic E-state index is 10.9. The predicted octanol–water partition coefficient (Wildman–Crippen LogP) is 2.11. The van der Waals surface area contributed by atoms with Gasteiger partial charge in [-0.3, -0.25) is 9.69 Å². The molecule has 0 aromatic heterocycles. The lowest BCUT2D eigenvalue weighted by molar-refractivity contribution is -0.141. The Morgan fingerprint density at radius 2 is 2.25 bits per heavy atom. The van der Waals surface area contributed by atoms with Gasteiger partial charge in [0.2, 0.25) is 0 Å². The van der Waals surface area contributed by atoms with Gasteiger partial charge in [-0.1, -0.05) is 19.9 Å². The van der Waals surface area contributed by atoms with Crippen molar-refractivity contribution in [1.29, 1.82) is 5.26 Å². The summed E-state index contributed by atoms with van der Waals surface area (Å²) in [6, 6.07) is 7.55. The topological polar surface area (TPSA) is 73.6 Å². The van der Waals surface area contributed by atoms with Gasteiger partial charge in [-0.25, -0.2) is 0 Å². The van der Waals surface area contributed by atoms with Gasteiger partial charge in [0.15, 0.2) is 0 Å². The number of carboxylic acid groups (broad SMARTS) is 1. The quantitative estimate of drug-likeness (QED) is 0.825. The van der Waals surface area contributed by atoms with Crippen LogP contribution < -0.4 is 4.74 Å². The highest BCUT2D eigenvalue weighted by Gasteiger charge is 2.15. The molecule has 1 unspecified atom stereocenters. The van der Waals surface area contributed by atoms with Gasteiger partial charge < -0.3 is 9.84 Å². The molecule has 0 fully saturated rings. The van der Waals surface area contributed by atoms with E-state index in [2.05, 4.69) is 6.07 Å². The van der Waals surface area contributed by atoms with Crippen molar-refractivity contribution in [3.05, 3.63) is 29.3 Å². The molecule has 5 nitrogen and oxygen atoms in total. The lowest BCUT2D eigenvalue weighted by Crippen LogP contribution is -2.31. The molecule has 20 heavy (non-hydrogen) atoms. The number of hydrogen-bond acceptors (Lipinski definition) is 4. The SMILES string of the molecule is CCN(Cc1ccc(OC)c(C#N)c1)CC(C)C(=O)O. The van der Waals surface area contributed by atoms with E-state index >= 15 is 0 Å². The summed E-state index contributed by atoms with van der Waals surface area (Å²) in [7, 11) is 1.53. The minimum atomic E-state index is -0.795. The molecule has 0 spiro atoms. The first-order chi connectivity index (χ1) is 9.51. The highest BCUT2D eigenvalue weighted by molar-refractivity contribution is 5.69. The number of hydrogen-bond donors (Lipinski definition) is 1. The average Bonchev–Trinajstić information content (AvgIpc) is 2.45. The summed E-state index contributed by atoms with van der Waals surface area (Å²) in [5.41, 5.74) is 1.47. The Hall–Kier alpha value is -2.06. The van der Waals surface area contributed by atoms with Crippen LogP contribution in [0, 0.1) is 17.2 Å². The highest BCUT2D eigenvalue weighted by atomic mass is 16.5. The Labute approximate surface area is 119 Å². The van der Waals surface area contributed by atoms with Gasteiger partial charge >= 0.3 is 5.97 Å². The molecule has 0 bridgehead atoms. The fourth-order valence-electron chi connectivity index (χ4n) is 1.97. The largest absolute Gasteiger partial charge is 0.495 e. The number of methoxy groups -OCH3 is 1. The first-order valence-electron chi connectivity index (χ1n) is 6.54. The monoisotopic (exact) mass is 276 g/mol. The third-order valence-corrected chi connectivity index (χ3v) is 3.19. The minimum absolute atomic E-state index is 0.413. The Kier molecular flexibility index (Phi) is 6.01. The van der Waals surface area contributed by atoms with Crippen LogP contribution in [0.4, 0.5) is 0 Å². The molecule has 1 aromatic carbocycles. The minimum Gasteiger partial charge on any atom is -0.495 e. The van der Waals surface area contributed by atoms with Gasteiger partial charge in [0, 0.05) is 13.1 Å². The van der Waals surface area contributed by atoms with Crippen molar-refractivity contribution in [2.75, 3.05) is 20.2 Å². The van der Waals surface area contributed by atoms with E-state index in [1.54, 1.807) is 19.1 Å². The van der Waals surface area contributed by atoms with E-state index in [1.165, 1.54) is 7.11 Å². The summed E-state index contributed by atoms with van der Waals surface area (Å²) in [5.74, 6) is -0.655. The van der Waals surface area contributed by atoms with Gasteiger partial charge in [-0.15, -0.1) is 0 Å². The Balaban J connectivity index is 2.80. The van der Waals surface area contributed by atoms with Crippen LogP contribution in [-0.2, 0) is 11.3 Å². The van der Waals surface area contributed by atoms with Crippen LogP contribution in [0.1, 0.15) is 25.0 Å². The smallest absolute Gasteiger partial charge is 0.307 e. The molecule has 0 amide bonds. The standard InChI is InChI=1S/C15H20N2O3/c1-4-17(9-11(2)15(18)19)10-12-5-6-14(20-3)13(7-12)8-16/h5-7,11H,4,9-10H2,1-3H3,(H,18,19). The maximum absolute atomic E-state index is 10.9. The molecular weight excluding hydrogens is 256 g/mol. The van der Waals surface area contributed by atoms with Crippen molar-refractivity contribution in [3.63, 3.8) is 0 Å². The van der Waals surface area contributed by atoms with Gasteiger partial charge in [-0.2, -0.15) is 5.26 Å². The van der Waals surface area contributed by atoms with Crippen molar-refractivity contribution in [2.24, 2.45) is 5.92 Å².